The van der Waals surface area contributed by atoms with Crippen LogP contribution in [-0.4, -0.2) is 69.0 Å². The Labute approximate surface area is 228 Å². The van der Waals surface area contributed by atoms with Gasteiger partial charge in [-0.1, -0.05) is 12.1 Å². The molecule has 0 radical (unpaired) electrons. The van der Waals surface area contributed by atoms with Crippen molar-refractivity contribution in [3.63, 3.8) is 0 Å². The predicted molar refractivity (Wildman–Crippen MR) is 152 cm³/mol. The molecule has 2 fully saturated rings. The number of aromatic nitrogens is 5. The summed E-state index contributed by atoms with van der Waals surface area (Å²) in [7, 11) is 0. The van der Waals surface area contributed by atoms with E-state index in [0.29, 0.717) is 17.9 Å². The molecule has 0 saturated carbocycles. The van der Waals surface area contributed by atoms with E-state index in [1.54, 1.807) is 0 Å². The molecule has 4 heterocycles. The highest BCUT2D eigenvalue weighted by Crippen LogP contribution is 2.31. The Balaban J connectivity index is 1.38. The average Bonchev–Trinajstić information content (AvgIpc) is 3.61. The summed E-state index contributed by atoms with van der Waals surface area (Å²) in [6, 6.07) is 12.4. The molecule has 1 N–H and O–H groups in total. The smallest absolute Gasteiger partial charge is 0.253 e. The SMILES string of the molecule is Cc1cc2cc(C(c3nnnn3CC3CCCO3)N3CCN(c4cccc(C)c4C)CC3)c(=O)[nH]c2cc1C. The van der Waals surface area contributed by atoms with E-state index in [-0.39, 0.29) is 17.7 Å². The van der Waals surface area contributed by atoms with Crippen LogP contribution in [0.5, 0.6) is 0 Å². The molecule has 2 saturated heterocycles. The number of nitrogens with one attached hydrogen (secondary N) is 1. The van der Waals surface area contributed by atoms with Gasteiger partial charge in [0, 0.05) is 49.6 Å². The number of pyridine rings is 1. The van der Waals surface area contributed by atoms with Crippen molar-refractivity contribution >= 4 is 16.6 Å². The van der Waals surface area contributed by atoms with Gasteiger partial charge in [-0.15, -0.1) is 5.10 Å². The maximum Gasteiger partial charge on any atom is 0.253 e. The maximum atomic E-state index is 13.6. The first-order valence-corrected chi connectivity index (χ1v) is 14.0. The van der Waals surface area contributed by atoms with Crippen molar-refractivity contribution in [2.45, 2.75) is 59.2 Å². The van der Waals surface area contributed by atoms with Crippen LogP contribution >= 0.6 is 0 Å². The van der Waals surface area contributed by atoms with Crippen LogP contribution in [0.3, 0.4) is 0 Å². The Hall–Kier alpha value is -3.56. The summed E-state index contributed by atoms with van der Waals surface area (Å²) < 4.78 is 7.75. The topological polar surface area (TPSA) is 92.2 Å². The fourth-order valence-electron chi connectivity index (χ4n) is 6.01. The second-order valence-corrected chi connectivity index (χ2v) is 11.1. The highest BCUT2D eigenvalue weighted by Gasteiger charge is 2.34. The summed E-state index contributed by atoms with van der Waals surface area (Å²) >= 11 is 0. The summed E-state index contributed by atoms with van der Waals surface area (Å²) in [5, 5.41) is 13.9. The van der Waals surface area contributed by atoms with Crippen LogP contribution in [-0.2, 0) is 11.3 Å². The van der Waals surface area contributed by atoms with E-state index in [0.717, 1.165) is 62.1 Å². The number of anilines is 1. The minimum Gasteiger partial charge on any atom is -0.376 e. The lowest BCUT2D eigenvalue weighted by Gasteiger charge is -2.40. The minimum atomic E-state index is -0.364. The first kappa shape index (κ1) is 25.7. The van der Waals surface area contributed by atoms with Gasteiger partial charge in [0.2, 0.25) is 0 Å². The third-order valence-electron chi connectivity index (χ3n) is 8.58. The molecule has 2 atom stereocenters. The van der Waals surface area contributed by atoms with Crippen molar-refractivity contribution in [3.8, 4) is 0 Å². The molecule has 0 bridgehead atoms. The van der Waals surface area contributed by atoms with Gasteiger partial charge >= 0.3 is 0 Å². The quantitative estimate of drug-likeness (QED) is 0.407. The molecule has 0 spiro atoms. The second kappa shape index (κ2) is 10.5. The van der Waals surface area contributed by atoms with Crippen LogP contribution < -0.4 is 10.5 Å². The molecule has 204 valence electrons. The van der Waals surface area contributed by atoms with Gasteiger partial charge in [-0.05, 0) is 103 Å². The largest absolute Gasteiger partial charge is 0.376 e. The zero-order valence-corrected chi connectivity index (χ0v) is 23.3. The first-order chi connectivity index (χ1) is 18.9. The average molecular weight is 528 g/mol. The number of H-pyrrole nitrogens is 1. The van der Waals surface area contributed by atoms with Crippen molar-refractivity contribution in [2.75, 3.05) is 37.7 Å². The predicted octanol–water partition coefficient (Wildman–Crippen LogP) is 3.84. The van der Waals surface area contributed by atoms with E-state index < -0.39 is 0 Å². The molecule has 2 unspecified atom stereocenters. The molecule has 0 aliphatic carbocycles. The maximum absolute atomic E-state index is 13.6. The number of fused-ring (bicyclic) bond motifs is 1. The lowest BCUT2D eigenvalue weighted by molar-refractivity contribution is 0.0906. The minimum absolute atomic E-state index is 0.0922. The van der Waals surface area contributed by atoms with Crippen LogP contribution in [0.15, 0.2) is 41.2 Å². The van der Waals surface area contributed by atoms with Gasteiger partial charge in [-0.3, -0.25) is 9.69 Å². The molecule has 2 aromatic heterocycles. The Kier molecular flexibility index (Phi) is 6.95. The van der Waals surface area contributed by atoms with E-state index in [1.807, 2.05) is 10.7 Å². The Morgan fingerprint density at radius 3 is 2.59 bits per heavy atom. The standard InChI is InChI=1S/C30H37N7O2/c1-19-7-5-9-27(22(19)4)35-10-12-36(13-11-35)28(29-32-33-34-37(29)18-24-8-6-14-39-24)25-17-23-15-20(2)21(3)16-26(23)31-30(25)38/h5,7,9,15-17,24,28H,6,8,10-14,18H2,1-4H3,(H,31,38). The van der Waals surface area contributed by atoms with Crippen molar-refractivity contribution in [1.29, 1.82) is 0 Å². The number of hydrogen-bond acceptors (Lipinski definition) is 7. The van der Waals surface area contributed by atoms with Crippen molar-refractivity contribution in [3.05, 3.63) is 80.4 Å². The van der Waals surface area contributed by atoms with Crippen molar-refractivity contribution < 1.29 is 4.74 Å². The number of aromatic amines is 1. The molecule has 9 nitrogen and oxygen atoms in total. The summed E-state index contributed by atoms with van der Waals surface area (Å²) in [4.78, 5) is 21.6. The van der Waals surface area contributed by atoms with Gasteiger partial charge in [0.25, 0.3) is 5.56 Å². The molecule has 9 heteroatoms. The van der Waals surface area contributed by atoms with Crippen LogP contribution in [0.25, 0.3) is 10.9 Å². The van der Waals surface area contributed by atoms with E-state index in [9.17, 15) is 4.79 Å². The highest BCUT2D eigenvalue weighted by molar-refractivity contribution is 5.81. The number of rotatable bonds is 6. The molecular formula is C30H37N7O2. The summed E-state index contributed by atoms with van der Waals surface area (Å²) in [6.07, 6.45) is 2.14. The molecule has 6 rings (SSSR count). The van der Waals surface area contributed by atoms with Crippen LogP contribution in [0, 0.1) is 27.7 Å². The number of benzene rings is 2. The Bertz CT molecular complexity index is 1540. The van der Waals surface area contributed by atoms with Gasteiger partial charge in [0.1, 0.15) is 6.04 Å². The highest BCUT2D eigenvalue weighted by atomic mass is 16.5. The second-order valence-electron chi connectivity index (χ2n) is 11.1. The third-order valence-corrected chi connectivity index (χ3v) is 8.58. The molecule has 2 aliphatic heterocycles. The molecule has 2 aromatic carbocycles. The molecule has 4 aromatic rings. The monoisotopic (exact) mass is 527 g/mol. The number of nitrogens with zero attached hydrogens (tertiary/aromatic N) is 6. The Morgan fingerprint density at radius 1 is 1.03 bits per heavy atom. The fraction of sp³-hybridized carbons (Fsp3) is 0.467. The fourth-order valence-corrected chi connectivity index (χ4v) is 6.01. The van der Waals surface area contributed by atoms with Gasteiger partial charge < -0.3 is 14.6 Å². The lowest BCUT2D eigenvalue weighted by atomic mass is 10.00. The van der Waals surface area contributed by atoms with E-state index in [1.165, 1.54) is 22.4 Å². The van der Waals surface area contributed by atoms with Crippen molar-refractivity contribution in [2.24, 2.45) is 0 Å². The van der Waals surface area contributed by atoms with E-state index in [2.05, 4.69) is 88.3 Å². The molecule has 39 heavy (non-hydrogen) atoms. The van der Waals surface area contributed by atoms with Crippen LogP contribution in [0.1, 0.15) is 52.5 Å². The first-order valence-electron chi connectivity index (χ1n) is 14.0. The number of aryl methyl sites for hydroxylation is 3. The Morgan fingerprint density at radius 2 is 1.82 bits per heavy atom. The zero-order chi connectivity index (χ0) is 27.1. The van der Waals surface area contributed by atoms with Crippen LogP contribution in [0.2, 0.25) is 0 Å². The summed E-state index contributed by atoms with van der Waals surface area (Å²) in [5.41, 5.74) is 7.68. The van der Waals surface area contributed by atoms with E-state index in [4.69, 9.17) is 4.74 Å². The number of tetrazole rings is 1. The lowest BCUT2D eigenvalue weighted by Crippen LogP contribution is -2.49. The summed E-state index contributed by atoms with van der Waals surface area (Å²) in [5.74, 6) is 0.694. The van der Waals surface area contributed by atoms with Gasteiger partial charge in [-0.2, -0.15) is 0 Å². The van der Waals surface area contributed by atoms with E-state index >= 15 is 0 Å². The normalized spacial score (nSPS) is 19.2. The molecule has 0 amide bonds. The number of ether oxygens (including phenoxy) is 1. The van der Waals surface area contributed by atoms with Crippen LogP contribution in [0.4, 0.5) is 5.69 Å². The van der Waals surface area contributed by atoms with Gasteiger partial charge in [-0.25, -0.2) is 4.68 Å². The summed E-state index contributed by atoms with van der Waals surface area (Å²) in [6.45, 7) is 13.2. The molecular weight excluding hydrogens is 490 g/mol. The van der Waals surface area contributed by atoms with Gasteiger partial charge in [0.05, 0.1) is 12.6 Å². The number of hydrogen-bond donors (Lipinski definition) is 1. The zero-order valence-electron chi connectivity index (χ0n) is 23.3. The number of piperazine rings is 1. The third kappa shape index (κ3) is 4.96. The molecule has 2 aliphatic rings. The van der Waals surface area contributed by atoms with Gasteiger partial charge in [0.15, 0.2) is 5.82 Å². The van der Waals surface area contributed by atoms with Crippen molar-refractivity contribution in [1.82, 2.24) is 30.1 Å².